The van der Waals surface area contributed by atoms with E-state index in [2.05, 4.69) is 48.5 Å². The first-order valence-electron chi connectivity index (χ1n) is 6.23. The van der Waals surface area contributed by atoms with Crippen molar-refractivity contribution >= 4 is 7.12 Å². The Morgan fingerprint density at radius 3 is 2.25 bits per heavy atom. The second-order valence-corrected chi connectivity index (χ2v) is 5.97. The van der Waals surface area contributed by atoms with Crippen molar-refractivity contribution < 1.29 is 9.31 Å². The standard InChI is InChI=1S/C13H25BO2/c1-9(2)12(10(3)4)14-15-11(5)8-13(6,7)16-14/h9,11H,8H2,1-7H3/t11-/m1/s1. The molecule has 0 radical (unpaired) electrons. The van der Waals surface area contributed by atoms with Gasteiger partial charge in [-0.3, -0.25) is 0 Å². The summed E-state index contributed by atoms with van der Waals surface area (Å²) < 4.78 is 12.0. The predicted octanol–water partition coefficient (Wildman–Crippen LogP) is 3.61. The van der Waals surface area contributed by atoms with Gasteiger partial charge in [0.2, 0.25) is 0 Å². The van der Waals surface area contributed by atoms with E-state index in [1.165, 1.54) is 11.0 Å². The van der Waals surface area contributed by atoms with Gasteiger partial charge in [-0.1, -0.05) is 19.4 Å². The highest BCUT2D eigenvalue weighted by Crippen LogP contribution is 2.31. The zero-order valence-corrected chi connectivity index (χ0v) is 11.8. The molecule has 1 rings (SSSR count). The average molecular weight is 224 g/mol. The molecule has 0 saturated carbocycles. The Bertz CT molecular complexity index is 278. The van der Waals surface area contributed by atoms with Crippen molar-refractivity contribution in [2.24, 2.45) is 5.92 Å². The first-order chi connectivity index (χ1) is 7.23. The van der Waals surface area contributed by atoms with Crippen LogP contribution in [0.25, 0.3) is 0 Å². The lowest BCUT2D eigenvalue weighted by atomic mass is 9.67. The molecule has 1 aliphatic rings. The number of hydrogen-bond donors (Lipinski definition) is 0. The van der Waals surface area contributed by atoms with Crippen LogP contribution < -0.4 is 0 Å². The Morgan fingerprint density at radius 2 is 1.88 bits per heavy atom. The van der Waals surface area contributed by atoms with Crippen LogP contribution in [0.3, 0.4) is 0 Å². The van der Waals surface area contributed by atoms with Gasteiger partial charge in [-0.25, -0.2) is 0 Å². The van der Waals surface area contributed by atoms with Gasteiger partial charge < -0.3 is 9.31 Å². The molecule has 0 aromatic carbocycles. The minimum atomic E-state index is -0.163. The Balaban J connectivity index is 2.91. The quantitative estimate of drug-likeness (QED) is 0.667. The second-order valence-electron chi connectivity index (χ2n) is 5.97. The number of rotatable bonds is 2. The van der Waals surface area contributed by atoms with Gasteiger partial charge in [0.05, 0.1) is 5.60 Å². The van der Waals surface area contributed by atoms with E-state index in [4.69, 9.17) is 9.31 Å². The monoisotopic (exact) mass is 224 g/mol. The largest absolute Gasteiger partial charge is 0.490 e. The Kier molecular flexibility index (Phi) is 4.25. The fourth-order valence-electron chi connectivity index (χ4n) is 2.54. The van der Waals surface area contributed by atoms with E-state index < -0.39 is 0 Å². The maximum atomic E-state index is 6.05. The summed E-state index contributed by atoms with van der Waals surface area (Å²) in [5, 5.41) is 0. The molecule has 16 heavy (non-hydrogen) atoms. The molecule has 0 aromatic rings. The fourth-order valence-corrected chi connectivity index (χ4v) is 2.54. The van der Waals surface area contributed by atoms with Crippen LogP contribution in [0.4, 0.5) is 0 Å². The van der Waals surface area contributed by atoms with Crippen LogP contribution in [0, 0.1) is 5.92 Å². The van der Waals surface area contributed by atoms with Gasteiger partial charge >= 0.3 is 7.12 Å². The highest BCUT2D eigenvalue weighted by Gasteiger charge is 2.40. The molecule has 0 aliphatic carbocycles. The molecule has 1 saturated heterocycles. The zero-order valence-electron chi connectivity index (χ0n) is 11.8. The molecule has 1 fully saturated rings. The van der Waals surface area contributed by atoms with E-state index in [0.717, 1.165) is 6.42 Å². The second kappa shape index (κ2) is 4.93. The molecule has 0 bridgehead atoms. The molecule has 92 valence electrons. The van der Waals surface area contributed by atoms with Crippen LogP contribution in [-0.4, -0.2) is 18.8 Å². The first-order valence-corrected chi connectivity index (χ1v) is 6.23. The van der Waals surface area contributed by atoms with Gasteiger partial charge in [0.15, 0.2) is 0 Å². The lowest BCUT2D eigenvalue weighted by Crippen LogP contribution is -2.47. The summed E-state index contributed by atoms with van der Waals surface area (Å²) in [6, 6.07) is 0. The van der Waals surface area contributed by atoms with E-state index in [0.29, 0.717) is 5.92 Å². The van der Waals surface area contributed by atoms with Gasteiger partial charge in [0, 0.05) is 6.10 Å². The lowest BCUT2D eigenvalue weighted by Gasteiger charge is -2.40. The summed E-state index contributed by atoms with van der Waals surface area (Å²) in [5.74, 6) is 0.469. The smallest absolute Gasteiger partial charge is 0.405 e. The van der Waals surface area contributed by atoms with Crippen molar-refractivity contribution in [2.75, 3.05) is 0 Å². The molecule has 0 amide bonds. The van der Waals surface area contributed by atoms with Gasteiger partial charge in [0.25, 0.3) is 0 Å². The van der Waals surface area contributed by atoms with E-state index in [1.807, 2.05) is 0 Å². The van der Waals surface area contributed by atoms with Gasteiger partial charge in [0.1, 0.15) is 0 Å². The molecule has 0 spiro atoms. The molecule has 0 N–H and O–H groups in total. The van der Waals surface area contributed by atoms with Crippen LogP contribution in [-0.2, 0) is 9.31 Å². The molecule has 0 aromatic heterocycles. The fraction of sp³-hybridized carbons (Fsp3) is 0.846. The summed E-state index contributed by atoms with van der Waals surface area (Å²) in [4.78, 5) is 0. The van der Waals surface area contributed by atoms with Gasteiger partial charge in [-0.15, -0.1) is 0 Å². The average Bonchev–Trinajstić information content (AvgIpc) is 1.96. The SMILES string of the molecule is CC(C)=C(B1O[C@H](C)CC(C)(C)O1)C(C)C. The molecule has 0 unspecified atom stereocenters. The van der Waals surface area contributed by atoms with Crippen molar-refractivity contribution in [3.63, 3.8) is 0 Å². The lowest BCUT2D eigenvalue weighted by molar-refractivity contribution is -0.0259. The predicted molar refractivity (Wildman–Crippen MR) is 69.3 cm³/mol. The zero-order chi connectivity index (χ0) is 12.5. The summed E-state index contributed by atoms with van der Waals surface area (Å²) >= 11 is 0. The maximum Gasteiger partial charge on any atom is 0.490 e. The van der Waals surface area contributed by atoms with Crippen LogP contribution in [0.2, 0.25) is 0 Å². The van der Waals surface area contributed by atoms with E-state index in [9.17, 15) is 0 Å². The molecular formula is C13H25BO2. The third-order valence-corrected chi connectivity index (χ3v) is 3.01. The summed E-state index contributed by atoms with van der Waals surface area (Å²) in [7, 11) is -0.163. The van der Waals surface area contributed by atoms with Crippen molar-refractivity contribution in [1.82, 2.24) is 0 Å². The summed E-state index contributed by atoms with van der Waals surface area (Å²) in [6.45, 7) is 15.1. The minimum absolute atomic E-state index is 0.0854. The molecule has 1 atom stereocenters. The number of hydrogen-bond acceptors (Lipinski definition) is 2. The van der Waals surface area contributed by atoms with E-state index >= 15 is 0 Å². The van der Waals surface area contributed by atoms with Crippen LogP contribution in [0.5, 0.6) is 0 Å². The molecule has 1 heterocycles. The molecule has 1 aliphatic heterocycles. The highest BCUT2D eigenvalue weighted by atomic mass is 16.6. The molecular weight excluding hydrogens is 199 g/mol. The summed E-state index contributed by atoms with van der Waals surface area (Å²) in [5.41, 5.74) is 2.52. The van der Waals surface area contributed by atoms with Crippen LogP contribution >= 0.6 is 0 Å². The van der Waals surface area contributed by atoms with E-state index in [1.54, 1.807) is 0 Å². The Labute approximate surface area is 101 Å². The van der Waals surface area contributed by atoms with Crippen molar-refractivity contribution in [3.05, 3.63) is 11.0 Å². The van der Waals surface area contributed by atoms with Crippen molar-refractivity contribution in [2.45, 2.75) is 66.6 Å². The highest BCUT2D eigenvalue weighted by molar-refractivity contribution is 6.54. The number of allylic oxidation sites excluding steroid dienone is 2. The molecule has 3 heteroatoms. The summed E-state index contributed by atoms with van der Waals surface area (Å²) in [6.07, 6.45) is 1.22. The third kappa shape index (κ3) is 3.36. The topological polar surface area (TPSA) is 18.5 Å². The van der Waals surface area contributed by atoms with Gasteiger partial charge in [-0.2, -0.15) is 0 Å². The first kappa shape index (κ1) is 13.8. The van der Waals surface area contributed by atoms with E-state index in [-0.39, 0.29) is 18.8 Å². The van der Waals surface area contributed by atoms with Crippen molar-refractivity contribution in [3.8, 4) is 0 Å². The van der Waals surface area contributed by atoms with Crippen LogP contribution in [0.15, 0.2) is 11.0 Å². The Hall–Kier alpha value is -0.275. The molecule has 2 nitrogen and oxygen atoms in total. The van der Waals surface area contributed by atoms with Gasteiger partial charge in [-0.05, 0) is 52.4 Å². The van der Waals surface area contributed by atoms with Crippen molar-refractivity contribution in [1.29, 1.82) is 0 Å². The normalized spacial score (nSPS) is 24.8. The van der Waals surface area contributed by atoms with Crippen LogP contribution in [0.1, 0.15) is 54.9 Å². The maximum absolute atomic E-state index is 6.05. The Morgan fingerprint density at radius 1 is 1.31 bits per heavy atom. The third-order valence-electron chi connectivity index (χ3n) is 3.01. The minimum Gasteiger partial charge on any atom is -0.405 e.